The zero-order valence-electron chi connectivity index (χ0n) is 30.8. The molecule has 0 fully saturated rings. The fourth-order valence-corrected chi connectivity index (χ4v) is 5.95. The average Bonchev–Trinajstić information content (AvgIpc) is 3.09. The average molecular weight is 820 g/mol. The van der Waals surface area contributed by atoms with Crippen LogP contribution in [0.5, 0.6) is 0 Å². The number of nitrogens with two attached hydrogens (primary N) is 1. The zero-order valence-corrected chi connectivity index (χ0v) is 32.4. The second kappa shape index (κ2) is 16.1. The van der Waals surface area contributed by atoms with Gasteiger partial charge in [0, 0.05) is 54.1 Å². The molecule has 3 amide bonds. The molecule has 17 heteroatoms. The number of nitrogens with zero attached hydrogens (tertiary/aromatic N) is 4. The standard InChI is InChI=1S/C37H42BrF3N6O7/c1-9-20(4)43-34-44-28-18-46(31(49)23-12-15-27(38)26(17-23)37(39,40)41)21(5)16-25(28)32(50)47(34)24-13-10-22(11-14-24)30(48)45(8)35(52)54-36(6,7)53-33(51)29(42)19(2)3/h9-15,17,19-21,29H,1,16,18,42H2,2-8H3,(H,43,44). The van der Waals surface area contributed by atoms with Crippen LogP contribution < -0.4 is 16.6 Å². The first-order chi connectivity index (χ1) is 25.1. The number of fused-ring (bicyclic) bond motifs is 1. The number of esters is 1. The summed E-state index contributed by atoms with van der Waals surface area (Å²) in [4.78, 5) is 72.9. The number of carbonyl (C=O) groups is 4. The molecule has 1 aliphatic rings. The Morgan fingerprint density at radius 3 is 2.26 bits per heavy atom. The van der Waals surface area contributed by atoms with E-state index in [1.54, 1.807) is 33.8 Å². The maximum Gasteiger partial charge on any atom is 0.419 e. The second-order valence-electron chi connectivity index (χ2n) is 13.7. The van der Waals surface area contributed by atoms with Crippen LogP contribution in [0.15, 0.2) is 64.4 Å². The fraction of sp³-hybridized carbons (Fsp3) is 0.405. The van der Waals surface area contributed by atoms with Crippen molar-refractivity contribution in [2.45, 2.75) is 84.6 Å². The van der Waals surface area contributed by atoms with E-state index in [4.69, 9.17) is 20.2 Å². The number of anilines is 1. The van der Waals surface area contributed by atoms with Gasteiger partial charge < -0.3 is 25.4 Å². The third kappa shape index (κ3) is 9.18. The molecule has 3 aromatic rings. The third-order valence-electron chi connectivity index (χ3n) is 8.72. The molecular formula is C37H42BrF3N6O7. The van der Waals surface area contributed by atoms with Crippen molar-refractivity contribution in [1.29, 1.82) is 0 Å². The molecule has 3 N–H and O–H groups in total. The van der Waals surface area contributed by atoms with Crippen LogP contribution in [0, 0.1) is 5.92 Å². The summed E-state index contributed by atoms with van der Waals surface area (Å²) in [6.07, 6.45) is -4.14. The largest absolute Gasteiger partial charge is 0.422 e. The van der Waals surface area contributed by atoms with Gasteiger partial charge in [-0.25, -0.2) is 19.2 Å². The van der Waals surface area contributed by atoms with Gasteiger partial charge in [0.2, 0.25) is 5.95 Å². The number of rotatable bonds is 10. The van der Waals surface area contributed by atoms with Crippen LogP contribution in [0.4, 0.5) is 23.9 Å². The Morgan fingerprint density at radius 1 is 1.07 bits per heavy atom. The van der Waals surface area contributed by atoms with Crippen molar-refractivity contribution in [3.8, 4) is 5.69 Å². The minimum Gasteiger partial charge on any atom is -0.422 e. The number of imide groups is 1. The number of benzene rings is 2. The quantitative estimate of drug-likeness (QED) is 0.140. The van der Waals surface area contributed by atoms with Crippen LogP contribution in [-0.2, 0) is 33.4 Å². The Morgan fingerprint density at radius 2 is 1.69 bits per heavy atom. The molecule has 1 aliphatic heterocycles. The molecule has 0 spiro atoms. The molecule has 4 rings (SSSR count). The van der Waals surface area contributed by atoms with Crippen molar-refractivity contribution in [3.63, 3.8) is 0 Å². The molecule has 54 heavy (non-hydrogen) atoms. The van der Waals surface area contributed by atoms with Gasteiger partial charge in [0.05, 0.1) is 23.5 Å². The predicted octanol–water partition coefficient (Wildman–Crippen LogP) is 6.06. The van der Waals surface area contributed by atoms with Crippen LogP contribution in [0.3, 0.4) is 0 Å². The van der Waals surface area contributed by atoms with Gasteiger partial charge in [-0.15, -0.1) is 6.58 Å². The first-order valence-electron chi connectivity index (χ1n) is 16.9. The summed E-state index contributed by atoms with van der Waals surface area (Å²) < 4.78 is 52.4. The number of halogens is 4. The summed E-state index contributed by atoms with van der Waals surface area (Å²) in [5.74, 6) is -4.06. The lowest BCUT2D eigenvalue weighted by atomic mass is 9.98. The molecule has 3 atom stereocenters. The number of carbonyl (C=O) groups excluding carboxylic acids is 4. The van der Waals surface area contributed by atoms with Crippen molar-refractivity contribution >= 4 is 45.8 Å². The Bertz CT molecular complexity index is 2020. The van der Waals surface area contributed by atoms with E-state index in [-0.39, 0.29) is 52.2 Å². The monoisotopic (exact) mass is 818 g/mol. The fourth-order valence-electron chi connectivity index (χ4n) is 5.48. The number of amides is 3. The molecule has 0 radical (unpaired) electrons. The van der Waals surface area contributed by atoms with Crippen molar-refractivity contribution < 1.29 is 41.8 Å². The van der Waals surface area contributed by atoms with Crippen LogP contribution in [0.25, 0.3) is 5.69 Å². The SMILES string of the molecule is C=CC(C)Nc1nc2c(c(=O)n1-c1ccc(C(=O)N(C)C(=O)OC(C)(C)OC(=O)C(N)C(C)C)cc1)CC(C)N(C(=O)c1ccc(Br)c(C(F)(F)F)c1)C2. The number of nitrogens with one attached hydrogen (secondary N) is 1. The summed E-state index contributed by atoms with van der Waals surface area (Å²) >= 11 is 2.90. The molecule has 13 nitrogen and oxygen atoms in total. The molecule has 2 aromatic carbocycles. The third-order valence-corrected chi connectivity index (χ3v) is 9.42. The van der Waals surface area contributed by atoms with E-state index >= 15 is 0 Å². The van der Waals surface area contributed by atoms with Crippen LogP contribution >= 0.6 is 15.9 Å². The molecule has 3 unspecified atom stereocenters. The van der Waals surface area contributed by atoms with E-state index in [2.05, 4.69) is 27.8 Å². The molecule has 0 saturated heterocycles. The summed E-state index contributed by atoms with van der Waals surface area (Å²) in [7, 11) is 1.19. The molecule has 0 bridgehead atoms. The first-order valence-corrected chi connectivity index (χ1v) is 17.7. The summed E-state index contributed by atoms with van der Waals surface area (Å²) in [6.45, 7) is 13.2. The summed E-state index contributed by atoms with van der Waals surface area (Å²) in [6, 6.07) is 7.12. The zero-order chi connectivity index (χ0) is 40.4. The summed E-state index contributed by atoms with van der Waals surface area (Å²) in [5, 5.41) is 3.11. The van der Waals surface area contributed by atoms with Crippen molar-refractivity contribution in [2.75, 3.05) is 12.4 Å². The van der Waals surface area contributed by atoms with Gasteiger partial charge in [-0.3, -0.25) is 19.2 Å². The molecule has 2 heterocycles. The van der Waals surface area contributed by atoms with Gasteiger partial charge in [0.15, 0.2) is 0 Å². The number of ether oxygens (including phenoxy) is 2. The van der Waals surface area contributed by atoms with Crippen LogP contribution in [-0.4, -0.2) is 74.2 Å². The molecular weight excluding hydrogens is 777 g/mol. The van der Waals surface area contributed by atoms with Crippen molar-refractivity contribution in [3.05, 3.63) is 97.9 Å². The highest BCUT2D eigenvalue weighted by Gasteiger charge is 2.37. The van der Waals surface area contributed by atoms with Gasteiger partial charge in [0.1, 0.15) is 6.04 Å². The maximum absolute atomic E-state index is 14.1. The first kappa shape index (κ1) is 41.7. The summed E-state index contributed by atoms with van der Waals surface area (Å²) in [5.41, 5.74) is 5.14. The lowest BCUT2D eigenvalue weighted by Crippen LogP contribution is -2.46. The smallest absolute Gasteiger partial charge is 0.419 e. The van der Waals surface area contributed by atoms with Crippen molar-refractivity contribution in [2.24, 2.45) is 11.7 Å². The normalized spacial score (nSPS) is 15.5. The molecule has 1 aromatic heterocycles. The maximum atomic E-state index is 14.1. The number of aromatic nitrogens is 2. The van der Waals surface area contributed by atoms with Crippen LogP contribution in [0.1, 0.15) is 79.1 Å². The number of hydrogen-bond acceptors (Lipinski definition) is 10. The van der Waals surface area contributed by atoms with Crippen LogP contribution in [0.2, 0.25) is 0 Å². The van der Waals surface area contributed by atoms with Crippen molar-refractivity contribution in [1.82, 2.24) is 19.4 Å². The minimum atomic E-state index is -4.69. The Kier molecular flexibility index (Phi) is 12.5. The lowest BCUT2D eigenvalue weighted by molar-refractivity contribution is -0.198. The van der Waals surface area contributed by atoms with E-state index in [0.717, 1.165) is 6.07 Å². The number of hydrogen-bond donors (Lipinski definition) is 2. The topological polar surface area (TPSA) is 166 Å². The van der Waals surface area contributed by atoms with Gasteiger partial charge in [-0.2, -0.15) is 13.2 Å². The Labute approximate surface area is 318 Å². The Hall–Kier alpha value is -5.03. The second-order valence-corrected chi connectivity index (χ2v) is 14.6. The van der Waals surface area contributed by atoms with Gasteiger partial charge >= 0.3 is 18.2 Å². The number of alkyl halides is 3. The lowest BCUT2D eigenvalue weighted by Gasteiger charge is -2.35. The van der Waals surface area contributed by atoms with E-state index in [1.165, 1.54) is 66.8 Å². The van der Waals surface area contributed by atoms with Gasteiger partial charge in [-0.1, -0.05) is 35.9 Å². The highest BCUT2D eigenvalue weighted by molar-refractivity contribution is 9.10. The van der Waals surface area contributed by atoms with Gasteiger partial charge in [-0.05, 0) is 68.7 Å². The molecule has 0 aliphatic carbocycles. The molecule has 290 valence electrons. The molecule has 0 saturated carbocycles. The highest BCUT2D eigenvalue weighted by Crippen LogP contribution is 2.36. The highest BCUT2D eigenvalue weighted by atomic mass is 79.9. The van der Waals surface area contributed by atoms with E-state index in [0.29, 0.717) is 16.2 Å². The van der Waals surface area contributed by atoms with E-state index < -0.39 is 59.0 Å². The predicted molar refractivity (Wildman–Crippen MR) is 197 cm³/mol. The van der Waals surface area contributed by atoms with E-state index in [1.807, 2.05) is 0 Å². The van der Waals surface area contributed by atoms with E-state index in [9.17, 15) is 37.1 Å². The van der Waals surface area contributed by atoms with Gasteiger partial charge in [0.25, 0.3) is 23.2 Å². The Balaban J connectivity index is 1.61. The minimum absolute atomic E-state index is 0.0609.